The highest BCUT2D eigenvalue weighted by atomic mass is 79.9. The van der Waals surface area contributed by atoms with Crippen LogP contribution >= 0.6 is 28.6 Å². The number of thiol groups is 1. The van der Waals surface area contributed by atoms with Crippen LogP contribution in [0.2, 0.25) is 0 Å². The van der Waals surface area contributed by atoms with Crippen molar-refractivity contribution in [2.45, 2.75) is 19.8 Å². The first-order valence-electron chi connectivity index (χ1n) is 5.42. The summed E-state index contributed by atoms with van der Waals surface area (Å²) in [6.45, 7) is 2.51. The molecule has 0 N–H and O–H groups in total. The normalized spacial score (nSPS) is 12.5. The lowest BCUT2D eigenvalue weighted by atomic mass is 10.1. The largest absolute Gasteiger partial charge is 0.489 e. The van der Waals surface area contributed by atoms with Crippen molar-refractivity contribution in [3.05, 3.63) is 28.2 Å². The summed E-state index contributed by atoms with van der Waals surface area (Å²) < 4.78 is 31.8. The minimum absolute atomic E-state index is 0.0736. The molecule has 17 heavy (non-hydrogen) atoms. The average molecular weight is 325 g/mol. The predicted molar refractivity (Wildman–Crippen MR) is 71.8 cm³/mol. The predicted octanol–water partition coefficient (Wildman–Crippen LogP) is 4.45. The van der Waals surface area contributed by atoms with Crippen LogP contribution in [0.1, 0.15) is 19.8 Å². The number of rotatable bonds is 6. The van der Waals surface area contributed by atoms with Gasteiger partial charge in [-0.05, 0) is 46.5 Å². The lowest BCUT2D eigenvalue weighted by molar-refractivity contribution is 0.268. The van der Waals surface area contributed by atoms with Crippen molar-refractivity contribution in [3.8, 4) is 5.75 Å². The molecule has 1 rings (SSSR count). The molecule has 1 aromatic rings. The van der Waals surface area contributed by atoms with Gasteiger partial charge in [-0.2, -0.15) is 12.6 Å². The van der Waals surface area contributed by atoms with Gasteiger partial charge in [-0.1, -0.05) is 6.92 Å². The van der Waals surface area contributed by atoms with Gasteiger partial charge < -0.3 is 4.74 Å². The molecule has 0 amide bonds. The molecule has 0 bridgehead atoms. The minimum Gasteiger partial charge on any atom is -0.489 e. The topological polar surface area (TPSA) is 9.23 Å². The van der Waals surface area contributed by atoms with E-state index < -0.39 is 11.6 Å². The smallest absolute Gasteiger partial charge is 0.169 e. The molecule has 0 saturated carbocycles. The van der Waals surface area contributed by atoms with Crippen molar-refractivity contribution >= 4 is 28.6 Å². The maximum Gasteiger partial charge on any atom is 0.169 e. The Morgan fingerprint density at radius 2 is 2.06 bits per heavy atom. The molecule has 1 atom stereocenters. The van der Waals surface area contributed by atoms with Gasteiger partial charge in [0.25, 0.3) is 0 Å². The molecule has 0 heterocycles. The first-order valence-corrected chi connectivity index (χ1v) is 6.85. The molecular formula is C12H15BrF2OS. The molecule has 0 aliphatic heterocycles. The summed E-state index contributed by atoms with van der Waals surface area (Å²) in [7, 11) is 0. The molecule has 0 aliphatic rings. The Hall–Kier alpha value is -0.290. The Balaban J connectivity index is 2.52. The van der Waals surface area contributed by atoms with Crippen LogP contribution in [0.15, 0.2) is 16.6 Å². The van der Waals surface area contributed by atoms with Crippen molar-refractivity contribution in [3.63, 3.8) is 0 Å². The van der Waals surface area contributed by atoms with Crippen LogP contribution < -0.4 is 4.74 Å². The zero-order chi connectivity index (χ0) is 12.8. The van der Waals surface area contributed by atoms with Crippen LogP contribution in [-0.4, -0.2) is 12.4 Å². The van der Waals surface area contributed by atoms with Crippen molar-refractivity contribution in [1.82, 2.24) is 0 Å². The summed E-state index contributed by atoms with van der Waals surface area (Å²) in [4.78, 5) is 0. The van der Waals surface area contributed by atoms with Crippen molar-refractivity contribution in [1.29, 1.82) is 0 Å². The highest BCUT2D eigenvalue weighted by molar-refractivity contribution is 9.10. The fourth-order valence-electron chi connectivity index (χ4n) is 1.39. The van der Waals surface area contributed by atoms with E-state index in [0.717, 1.165) is 24.7 Å². The third-order valence-corrected chi connectivity index (χ3v) is 3.29. The van der Waals surface area contributed by atoms with Gasteiger partial charge in [-0.15, -0.1) is 0 Å². The molecule has 1 nitrogen and oxygen atoms in total. The molecule has 1 unspecified atom stereocenters. The Morgan fingerprint density at radius 3 is 2.65 bits per heavy atom. The van der Waals surface area contributed by atoms with Crippen LogP contribution in [0, 0.1) is 17.6 Å². The maximum atomic E-state index is 13.4. The van der Waals surface area contributed by atoms with E-state index in [9.17, 15) is 8.78 Å². The second-order valence-corrected chi connectivity index (χ2v) is 5.25. The zero-order valence-corrected chi connectivity index (χ0v) is 12.0. The highest BCUT2D eigenvalue weighted by Crippen LogP contribution is 2.29. The highest BCUT2D eigenvalue weighted by Gasteiger charge is 2.11. The van der Waals surface area contributed by atoms with Gasteiger partial charge in [0.1, 0.15) is 5.82 Å². The van der Waals surface area contributed by atoms with Gasteiger partial charge in [0.05, 0.1) is 11.1 Å². The third kappa shape index (κ3) is 4.84. The van der Waals surface area contributed by atoms with E-state index in [1.807, 2.05) is 0 Å². The van der Waals surface area contributed by atoms with E-state index in [0.29, 0.717) is 17.0 Å². The van der Waals surface area contributed by atoms with Crippen LogP contribution in [0.3, 0.4) is 0 Å². The van der Waals surface area contributed by atoms with Crippen molar-refractivity contribution in [2.75, 3.05) is 12.4 Å². The number of benzene rings is 1. The monoisotopic (exact) mass is 324 g/mol. The Kier molecular flexibility index (Phi) is 6.27. The van der Waals surface area contributed by atoms with E-state index in [1.54, 1.807) is 0 Å². The molecule has 0 spiro atoms. The number of ether oxygens (including phenoxy) is 1. The second kappa shape index (κ2) is 7.21. The molecule has 0 aromatic heterocycles. The first kappa shape index (κ1) is 14.8. The SMILES string of the molecule is CC(CCS)CCOc1c(F)cc(F)cc1Br. The fourth-order valence-corrected chi connectivity index (χ4v) is 2.36. The zero-order valence-electron chi connectivity index (χ0n) is 9.55. The lowest BCUT2D eigenvalue weighted by Gasteiger charge is -2.12. The van der Waals surface area contributed by atoms with Gasteiger partial charge in [0, 0.05) is 6.07 Å². The summed E-state index contributed by atoms with van der Waals surface area (Å²) in [5.74, 6) is 0.0821. The van der Waals surface area contributed by atoms with E-state index >= 15 is 0 Å². The number of halogens is 3. The summed E-state index contributed by atoms with van der Waals surface area (Å²) in [6, 6.07) is 2.01. The van der Waals surface area contributed by atoms with Crippen LogP contribution in [0.25, 0.3) is 0 Å². The molecule has 1 aromatic carbocycles. The maximum absolute atomic E-state index is 13.4. The minimum atomic E-state index is -0.682. The average Bonchev–Trinajstić information content (AvgIpc) is 2.22. The van der Waals surface area contributed by atoms with E-state index in [1.165, 1.54) is 6.07 Å². The second-order valence-electron chi connectivity index (χ2n) is 3.95. The van der Waals surface area contributed by atoms with Crippen LogP contribution in [-0.2, 0) is 0 Å². The number of hydrogen-bond acceptors (Lipinski definition) is 2. The molecule has 5 heteroatoms. The molecule has 0 fully saturated rings. The summed E-state index contributed by atoms with van der Waals surface area (Å²) in [5, 5.41) is 0. The molecule has 0 saturated heterocycles. The Bertz CT molecular complexity index is 351. The van der Waals surface area contributed by atoms with Crippen molar-refractivity contribution in [2.24, 2.45) is 5.92 Å². The first-order chi connectivity index (χ1) is 8.04. The van der Waals surface area contributed by atoms with Gasteiger partial charge in [-0.3, -0.25) is 0 Å². The third-order valence-electron chi connectivity index (χ3n) is 2.44. The Labute approximate surface area is 114 Å². The van der Waals surface area contributed by atoms with E-state index in [2.05, 4.69) is 35.5 Å². The van der Waals surface area contributed by atoms with Gasteiger partial charge in [-0.25, -0.2) is 8.78 Å². The Morgan fingerprint density at radius 1 is 1.35 bits per heavy atom. The molecule has 0 radical (unpaired) electrons. The van der Waals surface area contributed by atoms with Crippen LogP contribution in [0.5, 0.6) is 5.75 Å². The van der Waals surface area contributed by atoms with E-state index in [4.69, 9.17) is 4.74 Å². The summed E-state index contributed by atoms with van der Waals surface area (Å²) in [6.07, 6.45) is 1.82. The molecular weight excluding hydrogens is 310 g/mol. The standard InChI is InChI=1S/C12H15BrF2OS/c1-8(3-5-17)2-4-16-12-10(13)6-9(14)7-11(12)15/h6-8,17H,2-5H2,1H3. The lowest BCUT2D eigenvalue weighted by Crippen LogP contribution is -2.06. The quantitative estimate of drug-likeness (QED) is 0.760. The molecule has 0 aliphatic carbocycles. The number of hydrogen-bond donors (Lipinski definition) is 1. The fraction of sp³-hybridized carbons (Fsp3) is 0.500. The van der Waals surface area contributed by atoms with Crippen LogP contribution in [0.4, 0.5) is 8.78 Å². The van der Waals surface area contributed by atoms with Crippen molar-refractivity contribution < 1.29 is 13.5 Å². The summed E-state index contributed by atoms with van der Waals surface area (Å²) in [5.41, 5.74) is 0. The van der Waals surface area contributed by atoms with Gasteiger partial charge in [0.2, 0.25) is 0 Å². The van der Waals surface area contributed by atoms with Gasteiger partial charge >= 0.3 is 0 Å². The summed E-state index contributed by atoms with van der Waals surface area (Å²) >= 11 is 7.22. The molecule has 96 valence electrons. The van der Waals surface area contributed by atoms with Gasteiger partial charge in [0.15, 0.2) is 11.6 Å². The van der Waals surface area contributed by atoms with E-state index in [-0.39, 0.29) is 5.75 Å².